The molecule has 1 aromatic carbocycles. The lowest BCUT2D eigenvalue weighted by Crippen LogP contribution is -2.42. The molecule has 1 unspecified atom stereocenters. The van der Waals surface area contributed by atoms with E-state index >= 15 is 0 Å². The summed E-state index contributed by atoms with van der Waals surface area (Å²) in [5.74, 6) is 0. The zero-order valence-corrected chi connectivity index (χ0v) is 14.2. The molecule has 0 aliphatic rings. The van der Waals surface area contributed by atoms with Gasteiger partial charge < -0.3 is 10.2 Å². The van der Waals surface area contributed by atoms with Crippen molar-refractivity contribution in [2.45, 2.75) is 53.5 Å². The Kier molecular flexibility index (Phi) is 6.54. The molecule has 0 fully saturated rings. The van der Waals surface area contributed by atoms with Gasteiger partial charge in [0.1, 0.15) is 0 Å². The first-order valence-corrected chi connectivity index (χ1v) is 7.92. The Labute approximate surface area is 125 Å². The van der Waals surface area contributed by atoms with E-state index < -0.39 is 0 Å². The Morgan fingerprint density at radius 2 is 1.70 bits per heavy atom. The summed E-state index contributed by atoms with van der Waals surface area (Å²) >= 11 is 0. The molecule has 0 spiro atoms. The summed E-state index contributed by atoms with van der Waals surface area (Å²) in [7, 11) is 2.19. The molecule has 1 N–H and O–H groups in total. The van der Waals surface area contributed by atoms with E-state index in [0.29, 0.717) is 11.5 Å². The third-order valence-corrected chi connectivity index (χ3v) is 4.03. The molecule has 0 aromatic heterocycles. The minimum atomic E-state index is 0.308. The highest BCUT2D eigenvalue weighted by Gasteiger charge is 2.23. The second kappa shape index (κ2) is 7.68. The van der Waals surface area contributed by atoms with Gasteiger partial charge in [0.15, 0.2) is 0 Å². The summed E-state index contributed by atoms with van der Waals surface area (Å²) in [6.07, 6.45) is 2.28. The minimum Gasteiger partial charge on any atom is -0.375 e. The Hall–Kier alpha value is -1.02. The van der Waals surface area contributed by atoms with Crippen LogP contribution in [0.2, 0.25) is 0 Å². The SMILES string of the molecule is CCNC(CCN(C)c1ccc(CC)cc1)C(C)(C)C. The van der Waals surface area contributed by atoms with Crippen molar-refractivity contribution < 1.29 is 0 Å². The number of hydrogen-bond acceptors (Lipinski definition) is 2. The fraction of sp³-hybridized carbons (Fsp3) is 0.667. The van der Waals surface area contributed by atoms with Crippen molar-refractivity contribution in [3.8, 4) is 0 Å². The maximum Gasteiger partial charge on any atom is 0.0363 e. The molecular formula is C18H32N2. The van der Waals surface area contributed by atoms with Gasteiger partial charge in [-0.15, -0.1) is 0 Å². The van der Waals surface area contributed by atoms with E-state index in [1.54, 1.807) is 0 Å². The van der Waals surface area contributed by atoms with Crippen LogP contribution >= 0.6 is 0 Å². The van der Waals surface area contributed by atoms with Crippen LogP contribution in [0.25, 0.3) is 0 Å². The minimum absolute atomic E-state index is 0.308. The lowest BCUT2D eigenvalue weighted by Gasteiger charge is -2.33. The highest BCUT2D eigenvalue weighted by Crippen LogP contribution is 2.23. The van der Waals surface area contributed by atoms with Crippen LogP contribution in [0.5, 0.6) is 0 Å². The first-order chi connectivity index (χ1) is 9.38. The Morgan fingerprint density at radius 3 is 2.15 bits per heavy atom. The Balaban J connectivity index is 2.58. The molecule has 20 heavy (non-hydrogen) atoms. The highest BCUT2D eigenvalue weighted by atomic mass is 15.1. The normalized spacial score (nSPS) is 13.3. The van der Waals surface area contributed by atoms with Crippen LogP contribution in [0.4, 0.5) is 5.69 Å². The van der Waals surface area contributed by atoms with Crippen LogP contribution in [0.3, 0.4) is 0 Å². The van der Waals surface area contributed by atoms with Crippen LogP contribution in [0, 0.1) is 5.41 Å². The monoisotopic (exact) mass is 276 g/mol. The maximum absolute atomic E-state index is 3.62. The number of rotatable bonds is 7. The van der Waals surface area contributed by atoms with Gasteiger partial charge >= 0.3 is 0 Å². The van der Waals surface area contributed by atoms with Crippen molar-refractivity contribution in [1.29, 1.82) is 0 Å². The van der Waals surface area contributed by atoms with Crippen molar-refractivity contribution in [2.24, 2.45) is 5.41 Å². The number of aryl methyl sites for hydroxylation is 1. The van der Waals surface area contributed by atoms with Crippen LogP contribution in [0.1, 0.15) is 46.6 Å². The van der Waals surface area contributed by atoms with Crippen molar-refractivity contribution in [3.05, 3.63) is 29.8 Å². The van der Waals surface area contributed by atoms with Gasteiger partial charge in [-0.1, -0.05) is 46.8 Å². The second-order valence-corrected chi connectivity index (χ2v) is 6.71. The van der Waals surface area contributed by atoms with Gasteiger partial charge in [-0.3, -0.25) is 0 Å². The lowest BCUT2D eigenvalue weighted by molar-refractivity contribution is 0.260. The lowest BCUT2D eigenvalue weighted by atomic mass is 9.84. The molecular weight excluding hydrogens is 244 g/mol. The van der Waals surface area contributed by atoms with Crippen molar-refractivity contribution in [1.82, 2.24) is 5.32 Å². The zero-order chi connectivity index (χ0) is 15.2. The molecule has 1 atom stereocenters. The van der Waals surface area contributed by atoms with Crippen LogP contribution in [-0.2, 0) is 6.42 Å². The van der Waals surface area contributed by atoms with Gasteiger partial charge in [-0.05, 0) is 42.5 Å². The predicted molar refractivity (Wildman–Crippen MR) is 90.6 cm³/mol. The van der Waals surface area contributed by atoms with Crippen LogP contribution in [0.15, 0.2) is 24.3 Å². The van der Waals surface area contributed by atoms with Crippen LogP contribution in [-0.4, -0.2) is 26.2 Å². The number of anilines is 1. The molecule has 1 aromatic rings. The van der Waals surface area contributed by atoms with Crippen LogP contribution < -0.4 is 10.2 Å². The predicted octanol–water partition coefficient (Wildman–Crippen LogP) is 4.10. The summed E-state index contributed by atoms with van der Waals surface area (Å²) < 4.78 is 0. The van der Waals surface area contributed by atoms with E-state index in [4.69, 9.17) is 0 Å². The van der Waals surface area contributed by atoms with E-state index in [1.807, 2.05) is 0 Å². The summed E-state index contributed by atoms with van der Waals surface area (Å²) in [5, 5.41) is 3.62. The third kappa shape index (κ3) is 5.16. The van der Waals surface area contributed by atoms with Gasteiger partial charge in [0.25, 0.3) is 0 Å². The van der Waals surface area contributed by atoms with Gasteiger partial charge in [-0.2, -0.15) is 0 Å². The summed E-state index contributed by atoms with van der Waals surface area (Å²) in [5.41, 5.74) is 3.02. The van der Waals surface area contributed by atoms with Crippen molar-refractivity contribution >= 4 is 5.69 Å². The average molecular weight is 276 g/mol. The number of hydrogen-bond donors (Lipinski definition) is 1. The molecule has 0 bridgehead atoms. The van der Waals surface area contributed by atoms with Gasteiger partial charge in [-0.25, -0.2) is 0 Å². The molecule has 0 heterocycles. The number of nitrogens with zero attached hydrogens (tertiary/aromatic N) is 1. The average Bonchev–Trinajstić information content (AvgIpc) is 2.42. The van der Waals surface area contributed by atoms with E-state index in [-0.39, 0.29) is 0 Å². The number of nitrogens with one attached hydrogen (secondary N) is 1. The fourth-order valence-electron chi connectivity index (χ4n) is 2.53. The molecule has 2 nitrogen and oxygen atoms in total. The quantitative estimate of drug-likeness (QED) is 0.806. The molecule has 2 heteroatoms. The number of benzene rings is 1. The summed E-state index contributed by atoms with van der Waals surface area (Å²) in [6.45, 7) is 13.5. The summed E-state index contributed by atoms with van der Waals surface area (Å²) in [4.78, 5) is 2.36. The fourth-order valence-corrected chi connectivity index (χ4v) is 2.53. The van der Waals surface area contributed by atoms with Gasteiger partial charge in [0.05, 0.1) is 0 Å². The largest absolute Gasteiger partial charge is 0.375 e. The molecule has 1 rings (SSSR count). The molecule has 0 aliphatic carbocycles. The highest BCUT2D eigenvalue weighted by molar-refractivity contribution is 5.46. The maximum atomic E-state index is 3.62. The third-order valence-electron chi connectivity index (χ3n) is 4.03. The first kappa shape index (κ1) is 17.0. The molecule has 0 amide bonds. The first-order valence-electron chi connectivity index (χ1n) is 7.92. The topological polar surface area (TPSA) is 15.3 Å². The molecule has 114 valence electrons. The van der Waals surface area contributed by atoms with E-state index in [9.17, 15) is 0 Å². The van der Waals surface area contributed by atoms with E-state index in [1.165, 1.54) is 17.7 Å². The Morgan fingerprint density at radius 1 is 1.10 bits per heavy atom. The molecule has 0 radical (unpaired) electrons. The molecule has 0 aliphatic heterocycles. The van der Waals surface area contributed by atoms with Gasteiger partial charge in [0.2, 0.25) is 0 Å². The smallest absolute Gasteiger partial charge is 0.0363 e. The Bertz CT molecular complexity index is 375. The standard InChI is InChI=1S/C18H32N2/c1-7-15-9-11-16(12-10-15)20(6)14-13-17(19-8-2)18(3,4)5/h9-12,17,19H,7-8,13-14H2,1-6H3. The van der Waals surface area contributed by atoms with E-state index in [0.717, 1.165) is 19.5 Å². The van der Waals surface area contributed by atoms with E-state index in [2.05, 4.69) is 76.1 Å². The molecule has 0 saturated heterocycles. The second-order valence-electron chi connectivity index (χ2n) is 6.71. The summed E-state index contributed by atoms with van der Waals surface area (Å²) in [6, 6.07) is 9.50. The molecule has 0 saturated carbocycles. The van der Waals surface area contributed by atoms with Crippen molar-refractivity contribution in [3.63, 3.8) is 0 Å². The van der Waals surface area contributed by atoms with Gasteiger partial charge in [0, 0.05) is 25.3 Å². The zero-order valence-electron chi connectivity index (χ0n) is 14.2. The van der Waals surface area contributed by atoms with Crippen molar-refractivity contribution in [2.75, 3.05) is 25.0 Å².